The Morgan fingerprint density at radius 1 is 1.11 bits per heavy atom. The number of benzene rings is 1. The van der Waals surface area contributed by atoms with E-state index in [1.54, 1.807) is 6.20 Å². The lowest BCUT2D eigenvalue weighted by molar-refractivity contribution is 0.373. The van der Waals surface area contributed by atoms with Gasteiger partial charge in [-0.1, -0.05) is 23.4 Å². The Kier molecular flexibility index (Phi) is 3.79. The van der Waals surface area contributed by atoms with Gasteiger partial charge in [-0.15, -0.1) is 0 Å². The average molecular weight is 257 g/mol. The first-order chi connectivity index (χ1) is 9.43. The second-order valence-electron chi connectivity index (χ2n) is 4.91. The summed E-state index contributed by atoms with van der Waals surface area (Å²) in [7, 11) is 0. The first-order valence-corrected chi connectivity index (χ1v) is 6.86. The fourth-order valence-corrected chi connectivity index (χ4v) is 2.58. The minimum Gasteiger partial charge on any atom is -0.371 e. The molecule has 0 unspecified atom stereocenters. The number of nitrogens with one attached hydrogen (secondary N) is 1. The van der Waals surface area contributed by atoms with E-state index in [4.69, 9.17) is 4.52 Å². The maximum absolute atomic E-state index is 5.08. The Bertz CT molecular complexity index is 504. The molecule has 1 aliphatic heterocycles. The molecular formula is C15H19N3O. The van der Waals surface area contributed by atoms with Crippen LogP contribution in [0.2, 0.25) is 0 Å². The fraction of sp³-hybridized carbons (Fsp3) is 0.400. The number of hydrogen-bond acceptors (Lipinski definition) is 4. The van der Waals surface area contributed by atoms with Gasteiger partial charge >= 0.3 is 0 Å². The Morgan fingerprint density at radius 3 is 2.74 bits per heavy atom. The second-order valence-corrected chi connectivity index (χ2v) is 4.91. The number of anilines is 1. The van der Waals surface area contributed by atoms with E-state index in [1.165, 1.54) is 37.2 Å². The van der Waals surface area contributed by atoms with Gasteiger partial charge in [0, 0.05) is 31.4 Å². The molecule has 0 atom stereocenters. The van der Waals surface area contributed by atoms with Gasteiger partial charge in [0.15, 0.2) is 0 Å². The lowest BCUT2D eigenvalue weighted by Crippen LogP contribution is -2.21. The predicted octanol–water partition coefficient (Wildman–Crippen LogP) is 2.56. The molecule has 4 nitrogen and oxygen atoms in total. The van der Waals surface area contributed by atoms with E-state index in [1.807, 2.05) is 6.07 Å². The molecule has 1 aromatic heterocycles. The van der Waals surface area contributed by atoms with Crippen LogP contribution < -0.4 is 10.2 Å². The molecule has 1 aromatic carbocycles. The Labute approximate surface area is 113 Å². The van der Waals surface area contributed by atoms with Gasteiger partial charge in [0.2, 0.25) is 0 Å². The zero-order chi connectivity index (χ0) is 12.9. The van der Waals surface area contributed by atoms with Crippen LogP contribution in [0.3, 0.4) is 0 Å². The van der Waals surface area contributed by atoms with Crippen LogP contribution in [0.25, 0.3) is 0 Å². The average Bonchev–Trinajstić information content (AvgIpc) is 3.12. The van der Waals surface area contributed by atoms with Crippen molar-refractivity contribution in [2.45, 2.75) is 25.9 Å². The lowest BCUT2D eigenvalue weighted by Gasteiger charge is -2.21. The molecule has 100 valence electrons. The quantitative estimate of drug-likeness (QED) is 0.894. The fourth-order valence-electron chi connectivity index (χ4n) is 2.58. The second kappa shape index (κ2) is 5.89. The number of nitrogens with zero attached hydrogens (tertiary/aromatic N) is 2. The molecule has 0 aliphatic carbocycles. The Hall–Kier alpha value is -1.81. The van der Waals surface area contributed by atoms with Gasteiger partial charge in [-0.2, -0.15) is 0 Å². The zero-order valence-electron chi connectivity index (χ0n) is 11.0. The summed E-state index contributed by atoms with van der Waals surface area (Å²) in [5.74, 6) is 0.874. The molecule has 3 rings (SSSR count). The van der Waals surface area contributed by atoms with Crippen molar-refractivity contribution in [1.82, 2.24) is 10.5 Å². The van der Waals surface area contributed by atoms with E-state index in [9.17, 15) is 0 Å². The van der Waals surface area contributed by atoms with E-state index in [0.717, 1.165) is 12.3 Å². The standard InChI is InChI=1S/C15H19N3O/c1-2-6-15(18-9-3-4-10-18)13(5-1)11-16-12-14-7-8-17-19-14/h1-2,5-8,16H,3-4,9-12H2. The molecule has 2 aromatic rings. The van der Waals surface area contributed by atoms with Crippen molar-refractivity contribution in [1.29, 1.82) is 0 Å². The Morgan fingerprint density at radius 2 is 1.95 bits per heavy atom. The van der Waals surface area contributed by atoms with Crippen LogP contribution in [-0.4, -0.2) is 18.2 Å². The molecule has 4 heteroatoms. The van der Waals surface area contributed by atoms with E-state index < -0.39 is 0 Å². The molecule has 0 saturated carbocycles. The summed E-state index contributed by atoms with van der Waals surface area (Å²) < 4.78 is 5.08. The third-order valence-corrected chi connectivity index (χ3v) is 3.54. The van der Waals surface area contributed by atoms with Gasteiger partial charge in [-0.3, -0.25) is 0 Å². The highest BCUT2D eigenvalue weighted by molar-refractivity contribution is 5.54. The molecule has 1 saturated heterocycles. The summed E-state index contributed by atoms with van der Waals surface area (Å²) in [6.45, 7) is 3.93. The molecule has 0 radical (unpaired) electrons. The van der Waals surface area contributed by atoms with Crippen LogP contribution in [0.15, 0.2) is 41.1 Å². The highest BCUT2D eigenvalue weighted by atomic mass is 16.5. The van der Waals surface area contributed by atoms with Crippen LogP contribution in [0.4, 0.5) is 5.69 Å². The van der Waals surface area contributed by atoms with Crippen molar-refractivity contribution in [3.05, 3.63) is 47.9 Å². The van der Waals surface area contributed by atoms with Gasteiger partial charge in [0.05, 0.1) is 12.7 Å². The van der Waals surface area contributed by atoms with Gasteiger partial charge < -0.3 is 14.7 Å². The maximum atomic E-state index is 5.08. The summed E-state index contributed by atoms with van der Waals surface area (Å²) in [4.78, 5) is 2.48. The summed E-state index contributed by atoms with van der Waals surface area (Å²) in [5, 5.41) is 7.11. The molecule has 1 aliphatic rings. The molecule has 2 heterocycles. The summed E-state index contributed by atoms with van der Waals surface area (Å²) in [6.07, 6.45) is 4.29. The number of rotatable bonds is 5. The minimum atomic E-state index is 0.717. The van der Waals surface area contributed by atoms with Crippen molar-refractivity contribution < 1.29 is 4.52 Å². The molecule has 1 N–H and O–H groups in total. The summed E-state index contributed by atoms with van der Waals surface area (Å²) in [5.41, 5.74) is 2.72. The van der Waals surface area contributed by atoms with Crippen LogP contribution >= 0.6 is 0 Å². The van der Waals surface area contributed by atoms with E-state index in [-0.39, 0.29) is 0 Å². The van der Waals surface area contributed by atoms with Crippen molar-refractivity contribution in [2.24, 2.45) is 0 Å². The van der Waals surface area contributed by atoms with Crippen molar-refractivity contribution in [3.63, 3.8) is 0 Å². The molecule has 0 bridgehead atoms. The number of para-hydroxylation sites is 1. The number of hydrogen-bond donors (Lipinski definition) is 1. The lowest BCUT2D eigenvalue weighted by atomic mass is 10.1. The van der Waals surface area contributed by atoms with E-state index >= 15 is 0 Å². The number of aromatic nitrogens is 1. The highest BCUT2D eigenvalue weighted by Gasteiger charge is 2.14. The predicted molar refractivity (Wildman–Crippen MR) is 74.9 cm³/mol. The van der Waals surface area contributed by atoms with Crippen LogP contribution in [0.5, 0.6) is 0 Å². The van der Waals surface area contributed by atoms with Crippen LogP contribution in [0, 0.1) is 0 Å². The SMILES string of the molecule is c1ccc(N2CCCC2)c(CNCc2ccno2)c1. The third-order valence-electron chi connectivity index (χ3n) is 3.54. The first-order valence-electron chi connectivity index (χ1n) is 6.86. The molecule has 0 spiro atoms. The van der Waals surface area contributed by atoms with Crippen molar-refractivity contribution in [2.75, 3.05) is 18.0 Å². The normalized spacial score (nSPS) is 15.1. The van der Waals surface area contributed by atoms with Gasteiger partial charge in [0.25, 0.3) is 0 Å². The Balaban J connectivity index is 1.63. The molecule has 1 fully saturated rings. The monoisotopic (exact) mass is 257 g/mol. The maximum Gasteiger partial charge on any atom is 0.150 e. The topological polar surface area (TPSA) is 41.3 Å². The van der Waals surface area contributed by atoms with Crippen molar-refractivity contribution >= 4 is 5.69 Å². The minimum absolute atomic E-state index is 0.717. The summed E-state index contributed by atoms with van der Waals surface area (Å²) in [6, 6.07) is 10.5. The van der Waals surface area contributed by atoms with Gasteiger partial charge in [0.1, 0.15) is 5.76 Å². The molecule has 0 amide bonds. The first kappa shape index (κ1) is 12.2. The van der Waals surface area contributed by atoms with Crippen LogP contribution in [0.1, 0.15) is 24.2 Å². The molecular weight excluding hydrogens is 238 g/mol. The largest absolute Gasteiger partial charge is 0.371 e. The van der Waals surface area contributed by atoms with Crippen molar-refractivity contribution in [3.8, 4) is 0 Å². The van der Waals surface area contributed by atoms with E-state index in [0.29, 0.717) is 6.54 Å². The smallest absolute Gasteiger partial charge is 0.150 e. The molecule has 19 heavy (non-hydrogen) atoms. The van der Waals surface area contributed by atoms with E-state index in [2.05, 4.69) is 39.6 Å². The van der Waals surface area contributed by atoms with Crippen LogP contribution in [-0.2, 0) is 13.1 Å². The third kappa shape index (κ3) is 2.96. The van der Waals surface area contributed by atoms with Gasteiger partial charge in [-0.05, 0) is 24.5 Å². The highest BCUT2D eigenvalue weighted by Crippen LogP contribution is 2.24. The zero-order valence-corrected chi connectivity index (χ0v) is 11.0. The van der Waals surface area contributed by atoms with Gasteiger partial charge in [-0.25, -0.2) is 0 Å². The summed E-state index contributed by atoms with van der Waals surface area (Å²) >= 11 is 0.